The molecule has 3 fully saturated rings. The molecule has 113 heavy (non-hydrogen) atoms. The summed E-state index contributed by atoms with van der Waals surface area (Å²) in [4.78, 5) is 109. The van der Waals surface area contributed by atoms with Crippen LogP contribution in [-0.2, 0) is 9.47 Å². The topological polar surface area (TPSA) is 455 Å². The predicted octanol–water partition coefficient (Wildman–Crippen LogP) is 14.5. The van der Waals surface area contributed by atoms with E-state index in [2.05, 4.69) is 35.0 Å². The van der Waals surface area contributed by atoms with Gasteiger partial charge in [-0.3, -0.25) is 45.3 Å². The molecule has 0 atom stereocenters. The maximum Gasteiger partial charge on any atom is 0.410 e. The number of hydrogen-bond acceptors (Lipinski definition) is 24. The Morgan fingerprint density at radius 1 is 0.487 bits per heavy atom. The molecule has 3 saturated heterocycles. The number of nitro groups is 4. The fourth-order valence-electron chi connectivity index (χ4n) is 11.0. The molecule has 0 saturated carbocycles. The molecule has 592 valence electrons. The zero-order valence-electron chi connectivity index (χ0n) is 62.8. The molecule has 36 nitrogen and oxygen atoms in total. The Hall–Kier alpha value is -14.5. The number of aryl methyl sites for hydroxylation is 4. The van der Waals surface area contributed by atoms with Gasteiger partial charge in [-0.2, -0.15) is 4.39 Å². The third kappa shape index (κ3) is 23.3. The van der Waals surface area contributed by atoms with Crippen molar-refractivity contribution in [1.82, 2.24) is 30.3 Å². The molecule has 11 rings (SSSR count). The van der Waals surface area contributed by atoms with Crippen molar-refractivity contribution >= 4 is 98.0 Å². The minimum atomic E-state index is -1.28. The lowest BCUT2D eigenvalue weighted by molar-refractivity contribution is -0.387. The van der Waals surface area contributed by atoms with Crippen LogP contribution in [0.1, 0.15) is 84.9 Å². The number of carbonyl (C=O) groups is 4. The van der Waals surface area contributed by atoms with Gasteiger partial charge in [0.1, 0.15) is 73.9 Å². The number of carboxylic acids is 1. The summed E-state index contributed by atoms with van der Waals surface area (Å²) >= 11 is 0. The van der Waals surface area contributed by atoms with Crippen LogP contribution in [0.5, 0.6) is 0 Å². The van der Waals surface area contributed by atoms with Gasteiger partial charge in [0.05, 0.1) is 46.0 Å². The van der Waals surface area contributed by atoms with E-state index >= 15 is 0 Å². The van der Waals surface area contributed by atoms with Crippen LogP contribution in [0, 0.1) is 112 Å². The molecular formula is C74H78F3N19O17. The summed E-state index contributed by atoms with van der Waals surface area (Å²) < 4.78 is 58.9. The van der Waals surface area contributed by atoms with Crippen molar-refractivity contribution in [2.24, 2.45) is 0 Å². The molecule has 0 radical (unpaired) electrons. The highest BCUT2D eigenvalue weighted by molar-refractivity contribution is 6.01. The summed E-state index contributed by atoms with van der Waals surface area (Å²) in [7, 11) is 0. The second-order valence-corrected chi connectivity index (χ2v) is 26.7. The average molecular weight is 1560 g/mol. The number of piperazine rings is 3. The number of nitrogen functional groups attached to an aromatic ring is 3. The summed E-state index contributed by atoms with van der Waals surface area (Å²) in [6.45, 7) is 52.7. The average Bonchev–Trinajstić information content (AvgIpc) is 1.73. The molecule has 3 amide bonds. The zero-order chi connectivity index (χ0) is 84.1. The Morgan fingerprint density at radius 2 is 0.823 bits per heavy atom. The molecule has 39 heteroatoms. The van der Waals surface area contributed by atoms with Gasteiger partial charge in [-0.1, -0.05) is 58.8 Å². The second-order valence-electron chi connectivity index (χ2n) is 26.7. The van der Waals surface area contributed by atoms with Crippen molar-refractivity contribution in [1.29, 1.82) is 0 Å². The molecule has 0 aliphatic carbocycles. The van der Waals surface area contributed by atoms with Gasteiger partial charge in [0, 0.05) is 131 Å². The number of anilines is 5. The smallest absolute Gasteiger partial charge is 0.410 e. The van der Waals surface area contributed by atoms with Crippen LogP contribution in [0.25, 0.3) is 41.9 Å². The first-order valence-corrected chi connectivity index (χ1v) is 33.9. The summed E-state index contributed by atoms with van der Waals surface area (Å²) in [5.41, 5.74) is 19.2. The molecule has 3 aliphatic rings. The van der Waals surface area contributed by atoms with Crippen molar-refractivity contribution in [2.75, 3.05) is 106 Å². The van der Waals surface area contributed by atoms with E-state index in [1.54, 1.807) is 28.5 Å². The van der Waals surface area contributed by atoms with E-state index in [0.29, 0.717) is 104 Å². The van der Waals surface area contributed by atoms with E-state index < -0.39 is 71.5 Å². The standard InChI is InChI=1S/C23H22N6O4.C16H21N5O4.C12H11NO3.C9H18N2O2.C7H2F2N2O2.C7H4FN3O2/c1-14-6-4-5-7-16(14)22-21(15(2)33-26-22)23(30)28-10-8-27(9-11-28)20-12-17(24)19(29(31)32)13-18(20)25-3;1-16(2,3)25-15(22)20-7-5-19(6-8-20)14-9-11(17)13(21(23)24)10-12(14)18-4;1-7-5-3-4-6-9(7)11-10(12(14)15)8(2)16-13-11;1-9(2,3)13-8(12)11-6-4-10-5-7-11;2*1-10-6-3-7(11(12)13)5(9)2-4(6)8/h4-7,12-13H,8-11,24H2,1-2H3;9-10H,5-8,17H2,1-3H3;3-6H,1-2H3,(H,14,15);10H,4-7H2,1-3H3;2-3H;2-3H,9H2. The molecule has 0 bridgehead atoms. The first-order chi connectivity index (χ1) is 53.1. The molecule has 0 spiro atoms. The highest BCUT2D eigenvalue weighted by atomic mass is 19.1. The van der Waals surface area contributed by atoms with E-state index in [1.807, 2.05) is 114 Å². The number of amides is 3. The molecule has 2 aromatic heterocycles. The lowest BCUT2D eigenvalue weighted by atomic mass is 10.0. The Balaban J connectivity index is 0.000000221. The van der Waals surface area contributed by atoms with Gasteiger partial charge in [-0.05, 0) is 98.6 Å². The van der Waals surface area contributed by atoms with Crippen LogP contribution in [0.4, 0.5) is 96.7 Å². The first kappa shape index (κ1) is 87.4. The fourth-order valence-corrected chi connectivity index (χ4v) is 11.0. The molecule has 5 heterocycles. The van der Waals surface area contributed by atoms with E-state index in [9.17, 15) is 72.8 Å². The second kappa shape index (κ2) is 38.6. The van der Waals surface area contributed by atoms with Gasteiger partial charge >= 0.3 is 18.2 Å². The minimum Gasteiger partial charge on any atom is -0.477 e. The minimum absolute atomic E-state index is 0.00359. The van der Waals surface area contributed by atoms with Gasteiger partial charge in [0.25, 0.3) is 28.7 Å². The molecular weight excluding hydrogens is 1480 g/mol. The fraction of sp³-hybridized carbons (Fsp3) is 0.324. The Bertz CT molecular complexity index is 5010. The number of nitrogens with two attached hydrogens (primary N) is 3. The number of nitro benzene ring substituents is 4. The number of carbonyl (C=O) groups excluding carboxylic acids is 3. The number of nitrogens with zero attached hydrogens (tertiary/aromatic N) is 15. The summed E-state index contributed by atoms with van der Waals surface area (Å²) in [6.07, 6.45) is -0.574. The number of aromatic carboxylic acids is 1. The van der Waals surface area contributed by atoms with E-state index in [0.717, 1.165) is 60.6 Å². The Morgan fingerprint density at radius 3 is 1.19 bits per heavy atom. The normalized spacial score (nSPS) is 13.0. The molecule has 8 N–H and O–H groups in total. The zero-order valence-corrected chi connectivity index (χ0v) is 62.8. The quantitative estimate of drug-likeness (QED) is 0.0367. The van der Waals surface area contributed by atoms with Crippen LogP contribution in [0.3, 0.4) is 0 Å². The number of carboxylic acid groups (broad SMARTS) is 1. The third-order valence-corrected chi connectivity index (χ3v) is 16.5. The first-order valence-electron chi connectivity index (χ1n) is 33.9. The number of nitrogens with one attached hydrogen (secondary N) is 1. The highest BCUT2D eigenvalue weighted by Crippen LogP contribution is 2.40. The number of rotatable bonds is 10. The predicted molar refractivity (Wildman–Crippen MR) is 409 cm³/mol. The van der Waals surface area contributed by atoms with Crippen LogP contribution < -0.4 is 32.3 Å². The number of hydrogen-bond donors (Lipinski definition) is 5. The Kier molecular flexibility index (Phi) is 29.8. The van der Waals surface area contributed by atoms with E-state index in [4.69, 9.17) is 67.1 Å². The molecule has 8 aromatic rings. The van der Waals surface area contributed by atoms with Gasteiger partial charge in [-0.25, -0.2) is 42.5 Å². The number of benzene rings is 6. The van der Waals surface area contributed by atoms with Gasteiger partial charge in [-0.15, -0.1) is 0 Å². The summed E-state index contributed by atoms with van der Waals surface area (Å²) in [5, 5.41) is 62.8. The number of aromatic nitrogens is 2. The van der Waals surface area contributed by atoms with Gasteiger partial charge in [0.2, 0.25) is 28.6 Å². The number of halogens is 3. The maximum absolute atomic E-state index is 13.4. The lowest BCUT2D eigenvalue weighted by Gasteiger charge is -2.37. The third-order valence-electron chi connectivity index (χ3n) is 16.5. The van der Waals surface area contributed by atoms with Crippen molar-refractivity contribution in [3.8, 4) is 22.5 Å². The SMILES string of the molecule is CC(C)(C)OC(=O)N1CCNCC1.Cc1ccccc1-c1noc(C)c1C(=O)O.[C-]#[N+]c1cc([N+](=O)[O-])c(F)cc1F.[C-]#[N+]c1cc([N+](=O)[O-])c(N)cc1F.[C-]#[N+]c1cc([N+](=O)[O-])c(N)cc1N1CCN(C(=O)OC(C)(C)C)CC1.[C-]#[N+]c1cc([N+](=O)[O-])c(N)cc1N1CCN(C(=O)c2c(-c3ccccc3C)noc2C)CC1. The van der Waals surface area contributed by atoms with Crippen molar-refractivity contribution in [3.63, 3.8) is 0 Å². The van der Waals surface area contributed by atoms with Crippen LogP contribution in [0.2, 0.25) is 0 Å². The largest absolute Gasteiger partial charge is 0.477 e. The van der Waals surface area contributed by atoms with Crippen molar-refractivity contribution in [2.45, 2.75) is 80.4 Å². The van der Waals surface area contributed by atoms with Crippen LogP contribution in [0.15, 0.2) is 106 Å². The van der Waals surface area contributed by atoms with E-state index in [1.165, 1.54) is 24.3 Å². The molecule has 3 aliphatic heterocycles. The molecule has 6 aromatic carbocycles. The van der Waals surface area contributed by atoms with Crippen LogP contribution >= 0.6 is 0 Å². The summed E-state index contributed by atoms with van der Waals surface area (Å²) in [6, 6.07) is 22.9. The number of ether oxygens (including phenoxy) is 2. The van der Waals surface area contributed by atoms with Gasteiger partial charge in [0.15, 0.2) is 0 Å². The van der Waals surface area contributed by atoms with Crippen LogP contribution in [-0.4, -0.2) is 164 Å². The van der Waals surface area contributed by atoms with Crippen molar-refractivity contribution in [3.05, 3.63) is 234 Å². The lowest BCUT2D eigenvalue weighted by Crippen LogP contribution is -2.50. The monoisotopic (exact) mass is 1560 g/mol. The maximum atomic E-state index is 13.4. The summed E-state index contributed by atoms with van der Waals surface area (Å²) in [5.74, 6) is -3.63. The van der Waals surface area contributed by atoms with Crippen molar-refractivity contribution < 1.29 is 75.7 Å². The van der Waals surface area contributed by atoms with Gasteiger partial charge < -0.3 is 70.6 Å². The Labute approximate surface area is 644 Å². The van der Waals surface area contributed by atoms with E-state index in [-0.39, 0.29) is 69.1 Å². The molecule has 0 unspecified atom stereocenters. The highest BCUT2D eigenvalue weighted by Gasteiger charge is 2.33.